The molecule has 0 unspecified atom stereocenters. The second kappa shape index (κ2) is 4.37. The highest BCUT2D eigenvalue weighted by molar-refractivity contribution is 6.42. The number of benzene rings is 1. The second-order valence-corrected chi connectivity index (χ2v) is 4.57. The van der Waals surface area contributed by atoms with Crippen molar-refractivity contribution < 1.29 is 4.39 Å². The van der Waals surface area contributed by atoms with Crippen LogP contribution in [0.15, 0.2) is 12.1 Å². The summed E-state index contributed by atoms with van der Waals surface area (Å²) in [5.41, 5.74) is 6.45. The van der Waals surface area contributed by atoms with Gasteiger partial charge in [0.05, 0.1) is 16.4 Å². The first-order chi connectivity index (χ1) is 7.91. The molecule has 2 aromatic rings. The molecule has 7 heteroatoms. The Morgan fingerprint density at radius 2 is 1.94 bits per heavy atom. The van der Waals surface area contributed by atoms with Gasteiger partial charge in [-0.15, -0.1) is 0 Å². The minimum atomic E-state index is -0.578. The van der Waals surface area contributed by atoms with E-state index in [0.29, 0.717) is 5.69 Å². The fourth-order valence-electron chi connectivity index (χ4n) is 1.36. The number of hydrogen-bond donors (Lipinski definition) is 1. The van der Waals surface area contributed by atoms with Gasteiger partial charge in [0, 0.05) is 0 Å². The molecular formula is C10H7Cl3FN3. The highest BCUT2D eigenvalue weighted by Gasteiger charge is 2.16. The topological polar surface area (TPSA) is 43.8 Å². The molecule has 0 spiro atoms. The van der Waals surface area contributed by atoms with Crippen molar-refractivity contribution in [1.29, 1.82) is 0 Å². The summed E-state index contributed by atoms with van der Waals surface area (Å²) in [6.07, 6.45) is 0. The Labute approximate surface area is 112 Å². The maximum Gasteiger partial charge on any atom is 0.151 e. The lowest BCUT2D eigenvalue weighted by atomic mass is 10.2. The molecule has 0 aliphatic carbocycles. The van der Waals surface area contributed by atoms with Crippen molar-refractivity contribution in [3.63, 3.8) is 0 Å². The molecule has 90 valence electrons. The van der Waals surface area contributed by atoms with Gasteiger partial charge in [0.15, 0.2) is 11.0 Å². The van der Waals surface area contributed by atoms with Gasteiger partial charge >= 0.3 is 0 Å². The van der Waals surface area contributed by atoms with E-state index in [9.17, 15) is 4.39 Å². The van der Waals surface area contributed by atoms with E-state index in [1.165, 1.54) is 10.7 Å². The fraction of sp³-hybridized carbons (Fsp3) is 0.100. The predicted molar refractivity (Wildman–Crippen MR) is 67.7 cm³/mol. The molecule has 17 heavy (non-hydrogen) atoms. The molecule has 0 bridgehead atoms. The van der Waals surface area contributed by atoms with Crippen LogP contribution in [0.25, 0.3) is 5.69 Å². The molecule has 0 amide bonds. The number of aryl methyl sites for hydroxylation is 1. The number of nitrogen functional groups attached to an aromatic ring is 1. The summed E-state index contributed by atoms with van der Waals surface area (Å²) in [5, 5.41) is 4.57. The lowest BCUT2D eigenvalue weighted by molar-refractivity contribution is 0.611. The number of anilines is 1. The van der Waals surface area contributed by atoms with E-state index >= 15 is 0 Å². The zero-order valence-electron chi connectivity index (χ0n) is 8.64. The highest BCUT2D eigenvalue weighted by atomic mass is 35.5. The molecule has 0 saturated carbocycles. The molecule has 1 aromatic heterocycles. The number of nitrogens with zero attached hydrogens (tertiary/aromatic N) is 2. The van der Waals surface area contributed by atoms with Gasteiger partial charge in [0.25, 0.3) is 0 Å². The molecule has 0 atom stereocenters. The number of hydrogen-bond acceptors (Lipinski definition) is 2. The predicted octanol–water partition coefficient (Wildman–Crippen LogP) is 3.86. The van der Waals surface area contributed by atoms with Crippen molar-refractivity contribution in [2.24, 2.45) is 0 Å². The summed E-state index contributed by atoms with van der Waals surface area (Å²) in [5.74, 6) is -0.578. The maximum absolute atomic E-state index is 13.7. The zero-order valence-corrected chi connectivity index (χ0v) is 10.9. The van der Waals surface area contributed by atoms with Gasteiger partial charge in [-0.3, -0.25) is 0 Å². The summed E-state index contributed by atoms with van der Waals surface area (Å²) in [4.78, 5) is 0. The molecule has 0 aliphatic rings. The molecule has 3 nitrogen and oxygen atoms in total. The van der Waals surface area contributed by atoms with E-state index in [0.717, 1.165) is 6.07 Å². The van der Waals surface area contributed by atoms with Crippen molar-refractivity contribution in [3.05, 3.63) is 38.8 Å². The molecule has 1 heterocycles. The molecular weight excluding hydrogens is 287 g/mol. The van der Waals surface area contributed by atoms with Crippen LogP contribution >= 0.6 is 34.8 Å². The van der Waals surface area contributed by atoms with E-state index in [1.807, 2.05) is 0 Å². The normalized spacial score (nSPS) is 10.9. The van der Waals surface area contributed by atoms with Gasteiger partial charge in [0.1, 0.15) is 10.7 Å². The Bertz CT molecular complexity index is 595. The molecule has 0 fully saturated rings. The first kappa shape index (κ1) is 12.5. The Balaban J connectivity index is 2.68. The van der Waals surface area contributed by atoms with Gasteiger partial charge in [0.2, 0.25) is 0 Å². The van der Waals surface area contributed by atoms with Crippen LogP contribution in [0.1, 0.15) is 5.69 Å². The van der Waals surface area contributed by atoms with Crippen molar-refractivity contribution in [3.8, 4) is 5.69 Å². The number of aromatic nitrogens is 2. The Kier molecular flexibility index (Phi) is 3.21. The standard InChI is InChI=1S/C10H7Cl3FN3/c1-4-9(12)10(13)17(16-4)8-3-7(15)5(11)2-6(8)14/h2-3H,15H2,1H3. The quantitative estimate of drug-likeness (QED) is 0.812. The number of nitrogens with two attached hydrogens (primary N) is 1. The largest absolute Gasteiger partial charge is 0.397 e. The summed E-state index contributed by atoms with van der Waals surface area (Å²) in [7, 11) is 0. The Morgan fingerprint density at radius 3 is 2.47 bits per heavy atom. The summed E-state index contributed by atoms with van der Waals surface area (Å²) in [6, 6.07) is 2.46. The van der Waals surface area contributed by atoms with Crippen molar-refractivity contribution in [1.82, 2.24) is 9.78 Å². The van der Waals surface area contributed by atoms with Crippen molar-refractivity contribution in [2.45, 2.75) is 6.92 Å². The zero-order chi connectivity index (χ0) is 12.7. The lowest BCUT2D eigenvalue weighted by Gasteiger charge is -2.07. The van der Waals surface area contributed by atoms with Gasteiger partial charge in [-0.25, -0.2) is 9.07 Å². The van der Waals surface area contributed by atoms with Crippen LogP contribution in [-0.2, 0) is 0 Å². The van der Waals surface area contributed by atoms with E-state index in [2.05, 4.69) is 5.10 Å². The van der Waals surface area contributed by atoms with Crippen LogP contribution in [0.4, 0.5) is 10.1 Å². The number of halogens is 4. The smallest absolute Gasteiger partial charge is 0.151 e. The van der Waals surface area contributed by atoms with Crippen LogP contribution in [0, 0.1) is 12.7 Å². The van der Waals surface area contributed by atoms with Crippen LogP contribution in [0.3, 0.4) is 0 Å². The lowest BCUT2D eigenvalue weighted by Crippen LogP contribution is -2.02. The summed E-state index contributed by atoms with van der Waals surface area (Å²) >= 11 is 17.5. The molecule has 1 aromatic carbocycles. The average Bonchev–Trinajstić information content (AvgIpc) is 2.51. The third-order valence-electron chi connectivity index (χ3n) is 2.23. The summed E-state index contributed by atoms with van der Waals surface area (Å²) < 4.78 is 14.9. The monoisotopic (exact) mass is 293 g/mol. The van der Waals surface area contributed by atoms with Gasteiger partial charge in [-0.2, -0.15) is 5.10 Å². The molecule has 0 radical (unpaired) electrons. The third kappa shape index (κ3) is 2.08. The van der Waals surface area contributed by atoms with Gasteiger partial charge in [-0.1, -0.05) is 34.8 Å². The van der Waals surface area contributed by atoms with Crippen LogP contribution in [0.2, 0.25) is 15.2 Å². The van der Waals surface area contributed by atoms with Crippen LogP contribution < -0.4 is 5.73 Å². The first-order valence-corrected chi connectivity index (χ1v) is 5.70. The van der Waals surface area contributed by atoms with Gasteiger partial charge < -0.3 is 5.73 Å². The average molecular weight is 295 g/mol. The van der Waals surface area contributed by atoms with E-state index < -0.39 is 5.82 Å². The molecule has 2 N–H and O–H groups in total. The Morgan fingerprint density at radius 1 is 1.29 bits per heavy atom. The van der Waals surface area contributed by atoms with Crippen molar-refractivity contribution >= 4 is 40.5 Å². The fourth-order valence-corrected chi connectivity index (χ4v) is 1.89. The SMILES string of the molecule is Cc1nn(-c2cc(N)c(Cl)cc2F)c(Cl)c1Cl. The second-order valence-electron chi connectivity index (χ2n) is 3.43. The third-order valence-corrected chi connectivity index (χ3v) is 3.45. The molecule has 2 rings (SSSR count). The summed E-state index contributed by atoms with van der Waals surface area (Å²) in [6.45, 7) is 1.67. The van der Waals surface area contributed by atoms with E-state index in [4.69, 9.17) is 40.5 Å². The minimum Gasteiger partial charge on any atom is -0.397 e. The molecule has 0 saturated heterocycles. The number of rotatable bonds is 1. The highest BCUT2D eigenvalue weighted by Crippen LogP contribution is 2.31. The minimum absolute atomic E-state index is 0.104. The van der Waals surface area contributed by atoms with E-state index in [1.54, 1.807) is 6.92 Å². The van der Waals surface area contributed by atoms with Crippen molar-refractivity contribution in [2.75, 3.05) is 5.73 Å². The van der Waals surface area contributed by atoms with Gasteiger partial charge in [-0.05, 0) is 19.1 Å². The van der Waals surface area contributed by atoms with Crippen LogP contribution in [0.5, 0.6) is 0 Å². The Hall–Kier alpha value is -0.970. The molecule has 0 aliphatic heterocycles. The maximum atomic E-state index is 13.7. The van der Waals surface area contributed by atoms with E-state index in [-0.39, 0.29) is 26.6 Å². The van der Waals surface area contributed by atoms with Crippen LogP contribution in [-0.4, -0.2) is 9.78 Å². The first-order valence-electron chi connectivity index (χ1n) is 4.57.